The zero-order valence-electron chi connectivity index (χ0n) is 10.5. The third-order valence-electron chi connectivity index (χ3n) is 2.14. The highest BCUT2D eigenvalue weighted by Gasteiger charge is 2.21. The van der Waals surface area contributed by atoms with Crippen molar-refractivity contribution in [3.63, 3.8) is 0 Å². The molecule has 1 heterocycles. The molecule has 0 bridgehead atoms. The summed E-state index contributed by atoms with van der Waals surface area (Å²) in [4.78, 5) is 27.2. The second-order valence-electron chi connectivity index (χ2n) is 3.76. The predicted molar refractivity (Wildman–Crippen MR) is 67.9 cm³/mol. The average molecular weight is 273 g/mol. The molecule has 100 valence electrons. The number of ether oxygens (including phenoxy) is 1. The van der Waals surface area contributed by atoms with Crippen molar-refractivity contribution in [2.75, 3.05) is 18.1 Å². The predicted octanol–water partition coefficient (Wildman–Crippen LogP) is 1.83. The molecule has 0 aliphatic heterocycles. The van der Waals surface area contributed by atoms with Crippen LogP contribution in [0.1, 0.15) is 20.8 Å². The molecule has 0 aliphatic carbocycles. The standard InChI is InChI=1S/C10H15N3O4S/c1-4-17-9(14)6-12(7(2)3)10-11-5-8(18-10)13(15)16/h5,7H,4,6H2,1-3H3. The maximum Gasteiger partial charge on any atom is 0.345 e. The fourth-order valence-corrected chi connectivity index (χ4v) is 2.16. The molecule has 0 amide bonds. The third-order valence-corrected chi connectivity index (χ3v) is 3.12. The quantitative estimate of drug-likeness (QED) is 0.446. The summed E-state index contributed by atoms with van der Waals surface area (Å²) in [6.07, 6.45) is 1.19. The molecule has 1 aromatic heterocycles. The van der Waals surface area contributed by atoms with Gasteiger partial charge in [0.2, 0.25) is 0 Å². The van der Waals surface area contributed by atoms with Crippen molar-refractivity contribution < 1.29 is 14.5 Å². The van der Waals surface area contributed by atoms with E-state index in [1.165, 1.54) is 6.20 Å². The molecule has 0 unspecified atom stereocenters. The normalized spacial score (nSPS) is 10.4. The van der Waals surface area contributed by atoms with E-state index >= 15 is 0 Å². The lowest BCUT2D eigenvalue weighted by molar-refractivity contribution is -0.380. The number of hydrogen-bond acceptors (Lipinski definition) is 7. The minimum Gasteiger partial charge on any atom is -0.465 e. The van der Waals surface area contributed by atoms with E-state index in [0.29, 0.717) is 11.7 Å². The van der Waals surface area contributed by atoms with Gasteiger partial charge in [-0.1, -0.05) is 0 Å². The Labute approximate surface area is 109 Å². The van der Waals surface area contributed by atoms with Crippen LogP contribution in [0.5, 0.6) is 0 Å². The lowest BCUT2D eigenvalue weighted by Gasteiger charge is -2.24. The second kappa shape index (κ2) is 6.29. The van der Waals surface area contributed by atoms with Crippen LogP contribution >= 0.6 is 11.3 Å². The molecular formula is C10H15N3O4S. The molecule has 8 heteroatoms. The highest BCUT2D eigenvalue weighted by atomic mass is 32.1. The van der Waals surface area contributed by atoms with E-state index < -0.39 is 4.92 Å². The first kappa shape index (κ1) is 14.4. The van der Waals surface area contributed by atoms with Crippen LogP contribution in [0.25, 0.3) is 0 Å². The Hall–Kier alpha value is -1.70. The van der Waals surface area contributed by atoms with Crippen LogP contribution in [0.15, 0.2) is 6.20 Å². The largest absolute Gasteiger partial charge is 0.465 e. The minimum atomic E-state index is -0.496. The number of carbonyl (C=O) groups is 1. The van der Waals surface area contributed by atoms with Crippen molar-refractivity contribution >= 4 is 27.4 Å². The molecule has 0 saturated carbocycles. The lowest BCUT2D eigenvalue weighted by Crippen LogP contribution is -2.36. The summed E-state index contributed by atoms with van der Waals surface area (Å²) in [5.41, 5.74) is 0. The van der Waals surface area contributed by atoms with E-state index in [0.717, 1.165) is 11.3 Å². The Kier molecular flexibility index (Phi) is 5.02. The highest BCUT2D eigenvalue weighted by Crippen LogP contribution is 2.29. The molecule has 1 rings (SSSR count). The Morgan fingerprint density at radius 2 is 2.33 bits per heavy atom. The van der Waals surface area contributed by atoms with Crippen molar-refractivity contribution in [1.82, 2.24) is 4.98 Å². The van der Waals surface area contributed by atoms with E-state index in [9.17, 15) is 14.9 Å². The number of nitrogens with zero attached hydrogens (tertiary/aromatic N) is 3. The van der Waals surface area contributed by atoms with Gasteiger partial charge in [0.15, 0.2) is 5.13 Å². The van der Waals surface area contributed by atoms with Crippen LogP contribution in [0.4, 0.5) is 10.1 Å². The van der Waals surface area contributed by atoms with E-state index in [1.54, 1.807) is 11.8 Å². The minimum absolute atomic E-state index is 0.000148. The zero-order chi connectivity index (χ0) is 13.7. The van der Waals surface area contributed by atoms with Gasteiger partial charge in [-0.2, -0.15) is 0 Å². The van der Waals surface area contributed by atoms with Gasteiger partial charge in [-0.3, -0.25) is 14.9 Å². The molecular weight excluding hydrogens is 258 g/mol. The van der Waals surface area contributed by atoms with E-state index in [4.69, 9.17) is 4.74 Å². The number of aromatic nitrogens is 1. The summed E-state index contributed by atoms with van der Waals surface area (Å²) < 4.78 is 4.86. The molecule has 0 fully saturated rings. The Morgan fingerprint density at radius 3 is 2.78 bits per heavy atom. The highest BCUT2D eigenvalue weighted by molar-refractivity contribution is 7.18. The number of anilines is 1. The summed E-state index contributed by atoms with van der Waals surface area (Å²) in [6.45, 7) is 5.84. The van der Waals surface area contributed by atoms with Gasteiger partial charge in [-0.05, 0) is 32.1 Å². The number of hydrogen-bond donors (Lipinski definition) is 0. The molecule has 18 heavy (non-hydrogen) atoms. The topological polar surface area (TPSA) is 85.6 Å². The fourth-order valence-electron chi connectivity index (χ4n) is 1.29. The Bertz CT molecular complexity index is 433. The molecule has 0 spiro atoms. The van der Waals surface area contributed by atoms with Gasteiger partial charge >= 0.3 is 11.0 Å². The zero-order valence-corrected chi connectivity index (χ0v) is 11.3. The van der Waals surface area contributed by atoms with Crippen LogP contribution in [0.2, 0.25) is 0 Å². The molecule has 0 saturated heterocycles. The Morgan fingerprint density at radius 1 is 1.67 bits per heavy atom. The van der Waals surface area contributed by atoms with Crippen LogP contribution in [-0.2, 0) is 9.53 Å². The van der Waals surface area contributed by atoms with Crippen molar-refractivity contribution in [1.29, 1.82) is 0 Å². The molecule has 1 aromatic rings. The van der Waals surface area contributed by atoms with Gasteiger partial charge in [-0.15, -0.1) is 0 Å². The van der Waals surface area contributed by atoms with Gasteiger partial charge < -0.3 is 9.64 Å². The molecule has 0 radical (unpaired) electrons. The maximum atomic E-state index is 11.5. The van der Waals surface area contributed by atoms with Crippen LogP contribution < -0.4 is 4.90 Å². The van der Waals surface area contributed by atoms with Crippen molar-refractivity contribution in [3.05, 3.63) is 16.3 Å². The number of thiazole rings is 1. The number of carbonyl (C=O) groups excluding carboxylic acids is 1. The van der Waals surface area contributed by atoms with Crippen LogP contribution in [0.3, 0.4) is 0 Å². The first-order chi connectivity index (χ1) is 8.45. The number of esters is 1. The van der Waals surface area contributed by atoms with Crippen LogP contribution in [-0.4, -0.2) is 35.1 Å². The van der Waals surface area contributed by atoms with Gasteiger partial charge in [0.25, 0.3) is 0 Å². The van der Waals surface area contributed by atoms with Gasteiger partial charge in [-0.25, -0.2) is 4.98 Å². The summed E-state index contributed by atoms with van der Waals surface area (Å²) in [5, 5.41) is 11.0. The van der Waals surface area contributed by atoms with Crippen molar-refractivity contribution in [2.24, 2.45) is 0 Å². The SMILES string of the molecule is CCOC(=O)CN(c1ncc([N+](=O)[O-])s1)C(C)C. The second-order valence-corrected chi connectivity index (χ2v) is 4.75. The maximum absolute atomic E-state index is 11.5. The monoisotopic (exact) mass is 273 g/mol. The number of nitro groups is 1. The van der Waals surface area contributed by atoms with E-state index in [2.05, 4.69) is 4.98 Å². The van der Waals surface area contributed by atoms with Gasteiger partial charge in [0, 0.05) is 6.04 Å². The van der Waals surface area contributed by atoms with Crippen LogP contribution in [0, 0.1) is 10.1 Å². The summed E-state index contributed by atoms with van der Waals surface area (Å²) in [5.74, 6) is -0.371. The first-order valence-corrected chi connectivity index (χ1v) is 6.29. The van der Waals surface area contributed by atoms with Gasteiger partial charge in [0.1, 0.15) is 12.7 Å². The third kappa shape index (κ3) is 3.66. The molecule has 7 nitrogen and oxygen atoms in total. The van der Waals surface area contributed by atoms with E-state index in [1.807, 2.05) is 13.8 Å². The summed E-state index contributed by atoms with van der Waals surface area (Å²) in [7, 11) is 0. The number of rotatable bonds is 6. The summed E-state index contributed by atoms with van der Waals surface area (Å²) >= 11 is 0.945. The first-order valence-electron chi connectivity index (χ1n) is 5.48. The van der Waals surface area contributed by atoms with E-state index in [-0.39, 0.29) is 23.6 Å². The molecule has 0 aromatic carbocycles. The summed E-state index contributed by atoms with van der Waals surface area (Å²) in [6, 6.07) is 0.000148. The van der Waals surface area contributed by atoms with Crippen molar-refractivity contribution in [2.45, 2.75) is 26.8 Å². The smallest absolute Gasteiger partial charge is 0.345 e. The molecule has 0 atom stereocenters. The molecule has 0 N–H and O–H groups in total. The van der Waals surface area contributed by atoms with Crippen molar-refractivity contribution in [3.8, 4) is 0 Å². The molecule has 0 aliphatic rings. The fraction of sp³-hybridized carbons (Fsp3) is 0.600. The Balaban J connectivity index is 2.83. The van der Waals surface area contributed by atoms with Gasteiger partial charge in [0.05, 0.1) is 11.5 Å². The average Bonchev–Trinajstić information content (AvgIpc) is 2.75. The lowest BCUT2D eigenvalue weighted by atomic mass is 10.3.